The van der Waals surface area contributed by atoms with Crippen LogP contribution in [0.4, 0.5) is 5.82 Å². The normalized spacial score (nSPS) is 11.5. The van der Waals surface area contributed by atoms with Crippen LogP contribution < -0.4 is 5.32 Å². The molecular weight excluding hydrogens is 358 g/mol. The number of anilines is 1. The van der Waals surface area contributed by atoms with Gasteiger partial charge in [0.05, 0.1) is 12.6 Å². The highest BCUT2D eigenvalue weighted by Gasteiger charge is 2.14. The highest BCUT2D eigenvalue weighted by Crippen LogP contribution is 2.24. The molecule has 6 nitrogen and oxygen atoms in total. The number of nitrogens with one attached hydrogen (secondary N) is 1. The number of hydrogen-bond donors (Lipinski definition) is 1. The molecule has 0 amide bonds. The molecule has 0 bridgehead atoms. The minimum Gasteiger partial charge on any atom is -0.457 e. The average molecular weight is 371 g/mol. The Morgan fingerprint density at radius 2 is 2.24 bits per heavy atom. The molecule has 0 unspecified atom stereocenters. The fourth-order valence-corrected chi connectivity index (χ4v) is 2.57. The fraction of sp³-hybridized carbons (Fsp3) is 0.308. The van der Waals surface area contributed by atoms with Crippen LogP contribution in [0.2, 0.25) is 5.28 Å². The van der Waals surface area contributed by atoms with Gasteiger partial charge >= 0.3 is 0 Å². The molecule has 0 aliphatic rings. The summed E-state index contributed by atoms with van der Waals surface area (Å²) in [5, 5.41) is 3.41. The summed E-state index contributed by atoms with van der Waals surface area (Å²) in [6.07, 6.45) is 3.42. The van der Waals surface area contributed by atoms with E-state index in [2.05, 4.69) is 50.0 Å². The summed E-state index contributed by atoms with van der Waals surface area (Å²) in [4.78, 5) is 12.9. The van der Waals surface area contributed by atoms with Crippen molar-refractivity contribution < 1.29 is 4.42 Å². The van der Waals surface area contributed by atoms with Crippen LogP contribution in [0, 0.1) is 0 Å². The van der Waals surface area contributed by atoms with Crippen LogP contribution in [0.25, 0.3) is 11.2 Å². The molecule has 0 aliphatic carbocycles. The van der Waals surface area contributed by atoms with Crippen LogP contribution in [0.15, 0.2) is 27.7 Å². The van der Waals surface area contributed by atoms with Crippen molar-refractivity contribution in [2.24, 2.45) is 0 Å². The minimum atomic E-state index is 0.195. The molecular formula is C13H13BrClN5O. The Morgan fingerprint density at radius 1 is 1.43 bits per heavy atom. The standard InChI is InChI=1S/C13H13BrClN5O/c1-7(2)20-6-17-10-11(18-13(15)19-12(10)20)16-4-8-3-9(14)21-5-8/h3,5-7H,4H2,1-2H3,(H,16,18,19). The number of nitrogens with zero attached hydrogens (tertiary/aromatic N) is 4. The molecule has 0 atom stereocenters. The largest absolute Gasteiger partial charge is 0.457 e. The van der Waals surface area contributed by atoms with Crippen LogP contribution in [0.1, 0.15) is 25.5 Å². The topological polar surface area (TPSA) is 68.8 Å². The first kappa shape index (κ1) is 14.3. The summed E-state index contributed by atoms with van der Waals surface area (Å²) in [7, 11) is 0. The molecule has 0 spiro atoms. The molecule has 3 aromatic rings. The molecule has 21 heavy (non-hydrogen) atoms. The maximum atomic E-state index is 6.01. The van der Waals surface area contributed by atoms with Crippen molar-refractivity contribution in [3.05, 3.63) is 34.2 Å². The lowest BCUT2D eigenvalue weighted by molar-refractivity contribution is 0.539. The number of imidazole rings is 1. The van der Waals surface area contributed by atoms with E-state index in [0.29, 0.717) is 22.5 Å². The maximum absolute atomic E-state index is 6.01. The molecule has 0 saturated carbocycles. The van der Waals surface area contributed by atoms with Crippen LogP contribution >= 0.6 is 27.5 Å². The van der Waals surface area contributed by atoms with Gasteiger partial charge < -0.3 is 14.3 Å². The number of halogens is 2. The van der Waals surface area contributed by atoms with Crippen molar-refractivity contribution in [3.8, 4) is 0 Å². The molecule has 3 aromatic heterocycles. The smallest absolute Gasteiger partial charge is 0.226 e. The van der Waals surface area contributed by atoms with Gasteiger partial charge in [-0.2, -0.15) is 9.97 Å². The van der Waals surface area contributed by atoms with E-state index >= 15 is 0 Å². The summed E-state index contributed by atoms with van der Waals surface area (Å²) in [6, 6.07) is 2.14. The lowest BCUT2D eigenvalue weighted by Crippen LogP contribution is -2.04. The van der Waals surface area contributed by atoms with Gasteiger partial charge in [-0.05, 0) is 47.4 Å². The zero-order valence-corrected chi connectivity index (χ0v) is 13.8. The Hall–Kier alpha value is -1.60. The van der Waals surface area contributed by atoms with Gasteiger partial charge in [-0.25, -0.2) is 4.98 Å². The third-order valence-corrected chi connectivity index (χ3v) is 3.62. The zero-order valence-electron chi connectivity index (χ0n) is 11.5. The zero-order chi connectivity index (χ0) is 15.0. The second kappa shape index (κ2) is 5.65. The summed E-state index contributed by atoms with van der Waals surface area (Å²) >= 11 is 9.29. The number of furan rings is 1. The maximum Gasteiger partial charge on any atom is 0.226 e. The van der Waals surface area contributed by atoms with Crippen molar-refractivity contribution >= 4 is 44.5 Å². The number of hydrogen-bond acceptors (Lipinski definition) is 5. The Kier molecular flexibility index (Phi) is 3.86. The summed E-state index contributed by atoms with van der Waals surface area (Å²) in [5.74, 6) is 0.613. The second-order valence-electron chi connectivity index (χ2n) is 4.87. The van der Waals surface area contributed by atoms with Crippen molar-refractivity contribution in [2.45, 2.75) is 26.4 Å². The molecule has 1 N–H and O–H groups in total. The van der Waals surface area contributed by atoms with Crippen LogP contribution in [0.3, 0.4) is 0 Å². The van der Waals surface area contributed by atoms with E-state index in [-0.39, 0.29) is 11.3 Å². The van der Waals surface area contributed by atoms with Gasteiger partial charge in [-0.15, -0.1) is 0 Å². The van der Waals surface area contributed by atoms with Gasteiger partial charge in [0.15, 0.2) is 21.7 Å². The molecule has 3 heterocycles. The van der Waals surface area contributed by atoms with Crippen molar-refractivity contribution in [2.75, 3.05) is 5.32 Å². The minimum absolute atomic E-state index is 0.195. The lowest BCUT2D eigenvalue weighted by atomic mass is 10.3. The molecule has 0 saturated heterocycles. The Morgan fingerprint density at radius 3 is 2.90 bits per heavy atom. The molecule has 0 aliphatic heterocycles. The molecule has 0 radical (unpaired) electrons. The van der Waals surface area contributed by atoms with Gasteiger partial charge in [0.25, 0.3) is 0 Å². The predicted molar refractivity (Wildman–Crippen MR) is 84.5 cm³/mol. The van der Waals surface area contributed by atoms with Crippen LogP contribution in [-0.4, -0.2) is 19.5 Å². The van der Waals surface area contributed by atoms with Gasteiger partial charge in [0.1, 0.15) is 0 Å². The van der Waals surface area contributed by atoms with Gasteiger partial charge in [0, 0.05) is 18.2 Å². The third kappa shape index (κ3) is 2.89. The SMILES string of the molecule is CC(C)n1cnc2c(NCc3coc(Br)c3)nc(Cl)nc21. The van der Waals surface area contributed by atoms with E-state index in [1.807, 2.05) is 10.6 Å². The van der Waals surface area contributed by atoms with Crippen molar-refractivity contribution in [1.82, 2.24) is 19.5 Å². The summed E-state index contributed by atoms with van der Waals surface area (Å²) in [5.41, 5.74) is 2.42. The summed E-state index contributed by atoms with van der Waals surface area (Å²) in [6.45, 7) is 4.69. The predicted octanol–water partition coefficient (Wildman–Crippen LogP) is 4.03. The van der Waals surface area contributed by atoms with Gasteiger partial charge in [-0.1, -0.05) is 0 Å². The molecule has 0 fully saturated rings. The fourth-order valence-electron chi connectivity index (χ4n) is 2.02. The van der Waals surface area contributed by atoms with E-state index in [1.54, 1.807) is 12.6 Å². The highest BCUT2D eigenvalue weighted by molar-refractivity contribution is 9.10. The average Bonchev–Trinajstić information content (AvgIpc) is 3.02. The first-order valence-electron chi connectivity index (χ1n) is 6.41. The molecule has 110 valence electrons. The second-order valence-corrected chi connectivity index (χ2v) is 5.99. The molecule has 0 aromatic carbocycles. The first-order valence-corrected chi connectivity index (χ1v) is 7.58. The Labute approximate surface area is 134 Å². The quantitative estimate of drug-likeness (QED) is 0.702. The van der Waals surface area contributed by atoms with Crippen molar-refractivity contribution in [3.63, 3.8) is 0 Å². The van der Waals surface area contributed by atoms with Gasteiger partial charge in [0.2, 0.25) is 5.28 Å². The van der Waals surface area contributed by atoms with Crippen LogP contribution in [-0.2, 0) is 6.54 Å². The first-order chi connectivity index (χ1) is 10.0. The molecule has 8 heteroatoms. The third-order valence-electron chi connectivity index (χ3n) is 3.03. The number of fused-ring (bicyclic) bond motifs is 1. The van der Waals surface area contributed by atoms with E-state index in [0.717, 1.165) is 11.2 Å². The molecule has 3 rings (SSSR count). The van der Waals surface area contributed by atoms with E-state index < -0.39 is 0 Å². The van der Waals surface area contributed by atoms with E-state index in [4.69, 9.17) is 16.0 Å². The van der Waals surface area contributed by atoms with Gasteiger partial charge in [-0.3, -0.25) is 0 Å². The highest BCUT2D eigenvalue weighted by atomic mass is 79.9. The lowest BCUT2D eigenvalue weighted by Gasteiger charge is -2.08. The van der Waals surface area contributed by atoms with E-state index in [9.17, 15) is 0 Å². The monoisotopic (exact) mass is 369 g/mol. The Balaban J connectivity index is 1.94. The number of rotatable bonds is 4. The Bertz CT molecular complexity index is 782. The van der Waals surface area contributed by atoms with Crippen LogP contribution in [0.5, 0.6) is 0 Å². The number of aromatic nitrogens is 4. The van der Waals surface area contributed by atoms with Crippen molar-refractivity contribution in [1.29, 1.82) is 0 Å². The summed E-state index contributed by atoms with van der Waals surface area (Å²) < 4.78 is 7.85. The van der Waals surface area contributed by atoms with E-state index in [1.165, 1.54) is 0 Å².